The molecular weight excluding hydrogens is 246 g/mol. The molecule has 0 spiro atoms. The summed E-state index contributed by atoms with van der Waals surface area (Å²) in [7, 11) is 2.21. The number of hydrogen-bond acceptors (Lipinski definition) is 3. The third-order valence-corrected chi connectivity index (χ3v) is 4.01. The average molecular weight is 267 g/mol. The summed E-state index contributed by atoms with van der Waals surface area (Å²) in [6.45, 7) is 2.98. The Morgan fingerprint density at radius 3 is 3.00 bits per heavy atom. The van der Waals surface area contributed by atoms with E-state index in [9.17, 15) is 0 Å². The molecule has 2 heterocycles. The molecule has 1 aliphatic rings. The van der Waals surface area contributed by atoms with Crippen LogP contribution in [-0.4, -0.2) is 23.5 Å². The smallest absolute Gasteiger partial charge is 0.0363 e. The molecule has 20 heavy (non-hydrogen) atoms. The van der Waals surface area contributed by atoms with Crippen LogP contribution in [0.2, 0.25) is 0 Å². The fourth-order valence-corrected chi connectivity index (χ4v) is 2.99. The number of nitrogens with one attached hydrogen (secondary N) is 1. The van der Waals surface area contributed by atoms with Crippen LogP contribution in [0.1, 0.15) is 29.2 Å². The molecule has 1 atom stereocenters. The van der Waals surface area contributed by atoms with Crippen LogP contribution in [0.15, 0.2) is 48.8 Å². The quantitative estimate of drug-likeness (QED) is 0.927. The van der Waals surface area contributed by atoms with E-state index in [-0.39, 0.29) is 0 Å². The highest BCUT2D eigenvalue weighted by atomic mass is 15.1. The Morgan fingerprint density at radius 2 is 2.15 bits per heavy atom. The predicted octanol–water partition coefficient (Wildman–Crippen LogP) is 2.75. The summed E-state index contributed by atoms with van der Waals surface area (Å²) >= 11 is 0. The van der Waals surface area contributed by atoms with Crippen molar-refractivity contribution in [1.82, 2.24) is 15.2 Å². The molecule has 1 N–H and O–H groups in total. The number of rotatable bonds is 3. The normalized spacial score (nSPS) is 18.6. The number of fused-ring (bicyclic) bond motifs is 1. The van der Waals surface area contributed by atoms with Gasteiger partial charge in [-0.2, -0.15) is 0 Å². The lowest BCUT2D eigenvalue weighted by Gasteiger charge is -2.28. The van der Waals surface area contributed by atoms with E-state index in [1.54, 1.807) is 0 Å². The molecule has 1 aromatic heterocycles. The predicted molar refractivity (Wildman–Crippen MR) is 81.2 cm³/mol. The Labute approximate surface area is 120 Å². The fourth-order valence-electron chi connectivity index (χ4n) is 2.99. The van der Waals surface area contributed by atoms with E-state index in [1.807, 2.05) is 18.5 Å². The Bertz CT molecular complexity index is 553. The first-order chi connectivity index (χ1) is 9.84. The second-order valence-corrected chi connectivity index (χ2v) is 5.46. The molecule has 3 heteroatoms. The van der Waals surface area contributed by atoms with Crippen LogP contribution < -0.4 is 5.32 Å². The van der Waals surface area contributed by atoms with Crippen LogP contribution >= 0.6 is 0 Å². The summed E-state index contributed by atoms with van der Waals surface area (Å²) in [6.07, 6.45) is 4.93. The Kier molecular flexibility index (Phi) is 4.09. The number of nitrogens with zero attached hydrogens (tertiary/aromatic N) is 2. The summed E-state index contributed by atoms with van der Waals surface area (Å²) < 4.78 is 0. The zero-order chi connectivity index (χ0) is 13.8. The van der Waals surface area contributed by atoms with Crippen LogP contribution in [0, 0.1) is 0 Å². The van der Waals surface area contributed by atoms with Gasteiger partial charge in [0, 0.05) is 31.5 Å². The minimum absolute atomic E-state index is 0.474. The van der Waals surface area contributed by atoms with Gasteiger partial charge in [0.15, 0.2) is 0 Å². The monoisotopic (exact) mass is 267 g/mol. The minimum Gasteiger partial charge on any atom is -0.313 e. The van der Waals surface area contributed by atoms with Crippen molar-refractivity contribution in [2.75, 3.05) is 13.6 Å². The van der Waals surface area contributed by atoms with E-state index in [1.165, 1.54) is 16.7 Å². The maximum atomic E-state index is 4.21. The van der Waals surface area contributed by atoms with Crippen molar-refractivity contribution in [3.05, 3.63) is 65.5 Å². The van der Waals surface area contributed by atoms with Gasteiger partial charge in [-0.25, -0.2) is 0 Å². The van der Waals surface area contributed by atoms with Crippen LogP contribution in [-0.2, 0) is 13.1 Å². The van der Waals surface area contributed by atoms with E-state index < -0.39 is 0 Å². The van der Waals surface area contributed by atoms with E-state index >= 15 is 0 Å². The van der Waals surface area contributed by atoms with Gasteiger partial charge in [-0.3, -0.25) is 9.88 Å². The number of pyridine rings is 1. The van der Waals surface area contributed by atoms with Gasteiger partial charge in [0.05, 0.1) is 0 Å². The lowest BCUT2D eigenvalue weighted by atomic mass is 9.98. The maximum absolute atomic E-state index is 4.21. The highest BCUT2D eigenvalue weighted by molar-refractivity contribution is 5.31. The molecule has 104 valence electrons. The molecule has 1 aliphatic heterocycles. The summed E-state index contributed by atoms with van der Waals surface area (Å²) in [4.78, 5) is 6.64. The first kappa shape index (κ1) is 13.3. The first-order valence-corrected chi connectivity index (χ1v) is 7.22. The number of aromatic nitrogens is 1. The minimum atomic E-state index is 0.474. The zero-order valence-corrected chi connectivity index (χ0v) is 11.9. The van der Waals surface area contributed by atoms with E-state index in [4.69, 9.17) is 0 Å². The third-order valence-electron chi connectivity index (χ3n) is 4.01. The highest BCUT2D eigenvalue weighted by Gasteiger charge is 2.21. The summed E-state index contributed by atoms with van der Waals surface area (Å²) in [6, 6.07) is 13.4. The molecule has 3 nitrogen and oxygen atoms in total. The fraction of sp³-hybridized carbons (Fsp3) is 0.353. The SMILES string of the molecule is CN(Cc1cccnc1)C1CCNCc2ccccc21. The third kappa shape index (κ3) is 2.89. The molecule has 1 unspecified atom stereocenters. The van der Waals surface area contributed by atoms with Crippen LogP contribution in [0.25, 0.3) is 0 Å². The molecule has 0 amide bonds. The van der Waals surface area contributed by atoms with Crippen molar-refractivity contribution >= 4 is 0 Å². The van der Waals surface area contributed by atoms with Crippen LogP contribution in [0.3, 0.4) is 0 Å². The lowest BCUT2D eigenvalue weighted by molar-refractivity contribution is 0.226. The second-order valence-electron chi connectivity index (χ2n) is 5.46. The largest absolute Gasteiger partial charge is 0.313 e. The van der Waals surface area contributed by atoms with Crippen molar-refractivity contribution in [3.63, 3.8) is 0 Å². The maximum Gasteiger partial charge on any atom is 0.0363 e. The van der Waals surface area contributed by atoms with Crippen molar-refractivity contribution in [1.29, 1.82) is 0 Å². The van der Waals surface area contributed by atoms with Gasteiger partial charge in [0.1, 0.15) is 0 Å². The highest BCUT2D eigenvalue weighted by Crippen LogP contribution is 2.29. The van der Waals surface area contributed by atoms with Gasteiger partial charge in [0.2, 0.25) is 0 Å². The topological polar surface area (TPSA) is 28.2 Å². The molecule has 2 aromatic rings. The van der Waals surface area contributed by atoms with Gasteiger partial charge in [-0.05, 0) is 42.8 Å². The molecule has 1 aromatic carbocycles. The lowest BCUT2D eigenvalue weighted by Crippen LogP contribution is -2.25. The second kappa shape index (κ2) is 6.16. The Balaban J connectivity index is 1.82. The average Bonchev–Trinajstić information content (AvgIpc) is 2.70. The van der Waals surface area contributed by atoms with Crippen molar-refractivity contribution in [2.45, 2.75) is 25.6 Å². The molecule has 0 saturated carbocycles. The van der Waals surface area contributed by atoms with E-state index in [0.717, 1.165) is 26.1 Å². The van der Waals surface area contributed by atoms with Gasteiger partial charge in [-0.1, -0.05) is 30.3 Å². The van der Waals surface area contributed by atoms with Crippen LogP contribution in [0.4, 0.5) is 0 Å². The summed E-state index contributed by atoms with van der Waals surface area (Å²) in [5.41, 5.74) is 4.15. The number of benzene rings is 1. The Morgan fingerprint density at radius 1 is 1.25 bits per heavy atom. The van der Waals surface area contributed by atoms with Gasteiger partial charge >= 0.3 is 0 Å². The first-order valence-electron chi connectivity index (χ1n) is 7.22. The van der Waals surface area contributed by atoms with Gasteiger partial charge in [0.25, 0.3) is 0 Å². The molecule has 0 bridgehead atoms. The van der Waals surface area contributed by atoms with Crippen LogP contribution in [0.5, 0.6) is 0 Å². The molecule has 0 radical (unpaired) electrons. The zero-order valence-electron chi connectivity index (χ0n) is 11.9. The molecule has 0 aliphatic carbocycles. The molecule has 3 rings (SSSR count). The Hall–Kier alpha value is -1.71. The summed E-state index contributed by atoms with van der Waals surface area (Å²) in [5.74, 6) is 0. The van der Waals surface area contributed by atoms with E-state index in [2.05, 4.69) is 52.6 Å². The van der Waals surface area contributed by atoms with Crippen molar-refractivity contribution < 1.29 is 0 Å². The summed E-state index contributed by atoms with van der Waals surface area (Å²) in [5, 5.41) is 3.51. The van der Waals surface area contributed by atoms with Crippen molar-refractivity contribution in [2.24, 2.45) is 0 Å². The molecular formula is C17H21N3. The number of hydrogen-bond donors (Lipinski definition) is 1. The standard InChI is InChI=1S/C17H21N3/c1-20(13-14-5-4-9-18-11-14)17-8-10-19-12-15-6-2-3-7-16(15)17/h2-7,9,11,17,19H,8,10,12-13H2,1H3. The molecule has 0 saturated heterocycles. The van der Waals surface area contributed by atoms with E-state index in [0.29, 0.717) is 6.04 Å². The van der Waals surface area contributed by atoms with Crippen molar-refractivity contribution in [3.8, 4) is 0 Å². The molecule has 0 fully saturated rings. The van der Waals surface area contributed by atoms with Gasteiger partial charge < -0.3 is 5.32 Å². The van der Waals surface area contributed by atoms with Gasteiger partial charge in [-0.15, -0.1) is 0 Å².